The molecule has 1 amide bonds. The average molecular weight is 335 g/mol. The van der Waals surface area contributed by atoms with Gasteiger partial charge in [0.05, 0.1) is 6.33 Å². The highest BCUT2D eigenvalue weighted by Crippen LogP contribution is 2.33. The van der Waals surface area contributed by atoms with Crippen LogP contribution in [0.1, 0.15) is 6.92 Å². The number of ether oxygens (including phenoxy) is 2. The molecule has 1 aliphatic rings. The third-order valence-electron chi connectivity index (χ3n) is 4.04. The highest BCUT2D eigenvalue weighted by Gasteiger charge is 2.34. The minimum atomic E-state index is -0.705. The summed E-state index contributed by atoms with van der Waals surface area (Å²) in [5.74, 6) is 0.998. The standard InChI is InChI=1S/C19H17N3O3/c1-13-18(25-17-5-3-2-4-16(17)24-13)19(23)21-14-6-8-15(9-7-14)22-11-10-20-12-22/h2-13,18H,1H3,(H,21,23)/t13-,18-/m1/s1. The maximum Gasteiger partial charge on any atom is 0.269 e. The third-order valence-corrected chi connectivity index (χ3v) is 4.04. The number of amides is 1. The molecule has 0 saturated heterocycles. The van der Waals surface area contributed by atoms with E-state index in [2.05, 4.69) is 10.3 Å². The molecule has 0 saturated carbocycles. The van der Waals surface area contributed by atoms with Crippen molar-refractivity contribution >= 4 is 11.6 Å². The zero-order valence-electron chi connectivity index (χ0n) is 13.6. The Morgan fingerprint density at radius 1 is 1.08 bits per heavy atom. The van der Waals surface area contributed by atoms with Gasteiger partial charge >= 0.3 is 0 Å². The molecule has 6 nitrogen and oxygen atoms in total. The van der Waals surface area contributed by atoms with Crippen LogP contribution in [0.3, 0.4) is 0 Å². The second-order valence-corrected chi connectivity index (χ2v) is 5.81. The second kappa shape index (κ2) is 6.32. The molecular weight excluding hydrogens is 318 g/mol. The molecule has 1 N–H and O–H groups in total. The first kappa shape index (κ1) is 15.3. The lowest BCUT2D eigenvalue weighted by Gasteiger charge is -2.31. The van der Waals surface area contributed by atoms with E-state index in [0.29, 0.717) is 17.2 Å². The molecule has 126 valence electrons. The van der Waals surface area contributed by atoms with Crippen molar-refractivity contribution in [2.24, 2.45) is 0 Å². The second-order valence-electron chi connectivity index (χ2n) is 5.81. The molecule has 1 aliphatic heterocycles. The Balaban J connectivity index is 1.47. The molecule has 0 radical (unpaired) electrons. The fraction of sp³-hybridized carbons (Fsp3) is 0.158. The maximum atomic E-state index is 12.6. The van der Waals surface area contributed by atoms with Gasteiger partial charge in [-0.3, -0.25) is 4.79 Å². The smallest absolute Gasteiger partial charge is 0.269 e. The molecule has 0 bridgehead atoms. The summed E-state index contributed by atoms with van der Waals surface area (Å²) < 4.78 is 13.5. The number of hydrogen-bond donors (Lipinski definition) is 1. The van der Waals surface area contributed by atoms with Gasteiger partial charge in [0.2, 0.25) is 6.10 Å². The summed E-state index contributed by atoms with van der Waals surface area (Å²) in [5, 5.41) is 2.88. The van der Waals surface area contributed by atoms with E-state index in [1.807, 2.05) is 60.2 Å². The van der Waals surface area contributed by atoms with E-state index in [9.17, 15) is 4.79 Å². The van der Waals surface area contributed by atoms with Crippen LogP contribution in [0.2, 0.25) is 0 Å². The minimum Gasteiger partial charge on any atom is -0.482 e. The Morgan fingerprint density at radius 3 is 2.48 bits per heavy atom. The molecule has 0 unspecified atom stereocenters. The molecule has 25 heavy (non-hydrogen) atoms. The Labute approximate surface area is 145 Å². The van der Waals surface area contributed by atoms with Gasteiger partial charge in [-0.2, -0.15) is 0 Å². The van der Waals surface area contributed by atoms with E-state index in [1.165, 1.54) is 0 Å². The summed E-state index contributed by atoms with van der Waals surface area (Å²) >= 11 is 0. The Bertz CT molecular complexity index is 875. The predicted octanol–water partition coefficient (Wildman–Crippen LogP) is 3.04. The van der Waals surface area contributed by atoms with Gasteiger partial charge in [0, 0.05) is 23.8 Å². The molecule has 1 aromatic heterocycles. The van der Waals surface area contributed by atoms with Crippen molar-refractivity contribution < 1.29 is 14.3 Å². The van der Waals surface area contributed by atoms with Gasteiger partial charge in [0.25, 0.3) is 5.91 Å². The number of nitrogens with zero attached hydrogens (tertiary/aromatic N) is 2. The van der Waals surface area contributed by atoms with Crippen LogP contribution in [-0.4, -0.2) is 27.7 Å². The summed E-state index contributed by atoms with van der Waals surface area (Å²) in [6, 6.07) is 14.9. The number of carbonyl (C=O) groups is 1. The Hall–Kier alpha value is -3.28. The van der Waals surface area contributed by atoms with Crippen LogP contribution in [0.25, 0.3) is 5.69 Å². The lowest BCUT2D eigenvalue weighted by Crippen LogP contribution is -2.46. The molecule has 2 atom stereocenters. The molecule has 3 aromatic rings. The monoisotopic (exact) mass is 335 g/mol. The van der Waals surface area contributed by atoms with Crippen molar-refractivity contribution in [3.05, 3.63) is 67.3 Å². The molecule has 2 heterocycles. The van der Waals surface area contributed by atoms with Crippen molar-refractivity contribution in [2.75, 3.05) is 5.32 Å². The summed E-state index contributed by atoms with van der Waals surface area (Å²) in [4.78, 5) is 16.6. The maximum absolute atomic E-state index is 12.6. The number of anilines is 1. The molecule has 0 spiro atoms. The highest BCUT2D eigenvalue weighted by atomic mass is 16.6. The van der Waals surface area contributed by atoms with E-state index in [-0.39, 0.29) is 12.0 Å². The fourth-order valence-electron chi connectivity index (χ4n) is 2.75. The SMILES string of the molecule is C[C@H]1Oc2ccccc2O[C@H]1C(=O)Nc1ccc(-n2ccnc2)cc1. The molecule has 0 fully saturated rings. The first-order valence-corrected chi connectivity index (χ1v) is 8.02. The Kier molecular flexibility index (Phi) is 3.85. The van der Waals surface area contributed by atoms with Gasteiger partial charge in [0.1, 0.15) is 6.10 Å². The number of nitrogens with one attached hydrogen (secondary N) is 1. The first-order valence-electron chi connectivity index (χ1n) is 8.02. The largest absolute Gasteiger partial charge is 0.482 e. The molecule has 0 aliphatic carbocycles. The first-order chi connectivity index (χ1) is 12.2. The zero-order valence-corrected chi connectivity index (χ0v) is 13.6. The fourth-order valence-corrected chi connectivity index (χ4v) is 2.75. The van der Waals surface area contributed by atoms with E-state index >= 15 is 0 Å². The van der Waals surface area contributed by atoms with Crippen molar-refractivity contribution in [3.63, 3.8) is 0 Å². The number of para-hydroxylation sites is 2. The van der Waals surface area contributed by atoms with Crippen LogP contribution in [0, 0.1) is 0 Å². The van der Waals surface area contributed by atoms with Crippen molar-refractivity contribution in [1.82, 2.24) is 9.55 Å². The van der Waals surface area contributed by atoms with Crippen molar-refractivity contribution in [3.8, 4) is 17.2 Å². The highest BCUT2D eigenvalue weighted by molar-refractivity contribution is 5.95. The van der Waals surface area contributed by atoms with E-state index in [4.69, 9.17) is 9.47 Å². The number of hydrogen-bond acceptors (Lipinski definition) is 4. The van der Waals surface area contributed by atoms with Crippen LogP contribution >= 0.6 is 0 Å². The quantitative estimate of drug-likeness (QED) is 0.799. The van der Waals surface area contributed by atoms with Crippen LogP contribution < -0.4 is 14.8 Å². The summed E-state index contributed by atoms with van der Waals surface area (Å²) in [7, 11) is 0. The third kappa shape index (κ3) is 3.06. The van der Waals surface area contributed by atoms with Gasteiger partial charge in [-0.25, -0.2) is 4.98 Å². The van der Waals surface area contributed by atoms with Crippen LogP contribution in [-0.2, 0) is 4.79 Å². The normalized spacial score (nSPS) is 18.6. The summed E-state index contributed by atoms with van der Waals surface area (Å²) in [6.45, 7) is 1.82. The number of aromatic nitrogens is 2. The number of imidazole rings is 1. The summed E-state index contributed by atoms with van der Waals surface area (Å²) in [6.07, 6.45) is 4.22. The Morgan fingerprint density at radius 2 is 1.80 bits per heavy atom. The minimum absolute atomic E-state index is 0.239. The molecule has 6 heteroatoms. The van der Waals surface area contributed by atoms with Gasteiger partial charge < -0.3 is 19.4 Å². The van der Waals surface area contributed by atoms with Crippen LogP contribution in [0.15, 0.2) is 67.3 Å². The summed E-state index contributed by atoms with van der Waals surface area (Å²) in [5.41, 5.74) is 1.67. The van der Waals surface area contributed by atoms with Gasteiger partial charge in [-0.1, -0.05) is 12.1 Å². The van der Waals surface area contributed by atoms with Gasteiger partial charge in [-0.15, -0.1) is 0 Å². The molecule has 4 rings (SSSR count). The number of carbonyl (C=O) groups excluding carboxylic acids is 1. The predicted molar refractivity (Wildman–Crippen MR) is 93.1 cm³/mol. The zero-order chi connectivity index (χ0) is 17.2. The number of fused-ring (bicyclic) bond motifs is 1. The topological polar surface area (TPSA) is 65.4 Å². The average Bonchev–Trinajstić information content (AvgIpc) is 3.16. The van der Waals surface area contributed by atoms with Crippen LogP contribution in [0.4, 0.5) is 5.69 Å². The van der Waals surface area contributed by atoms with E-state index in [1.54, 1.807) is 18.6 Å². The van der Waals surface area contributed by atoms with Crippen molar-refractivity contribution in [1.29, 1.82) is 0 Å². The van der Waals surface area contributed by atoms with E-state index in [0.717, 1.165) is 5.69 Å². The van der Waals surface area contributed by atoms with Crippen LogP contribution in [0.5, 0.6) is 11.5 Å². The van der Waals surface area contributed by atoms with Gasteiger partial charge in [-0.05, 0) is 43.3 Å². The molecule has 2 aromatic carbocycles. The number of benzene rings is 2. The molecular formula is C19H17N3O3. The van der Waals surface area contributed by atoms with Gasteiger partial charge in [0.15, 0.2) is 11.5 Å². The lowest BCUT2D eigenvalue weighted by molar-refractivity contribution is -0.128. The lowest BCUT2D eigenvalue weighted by atomic mass is 10.1. The number of rotatable bonds is 3. The van der Waals surface area contributed by atoms with Crippen molar-refractivity contribution in [2.45, 2.75) is 19.1 Å². The van der Waals surface area contributed by atoms with E-state index < -0.39 is 6.10 Å².